The van der Waals surface area contributed by atoms with Crippen LogP contribution in [0.15, 0.2) is 18.2 Å². The Morgan fingerprint density at radius 1 is 0.326 bits per heavy atom. The van der Waals surface area contributed by atoms with Crippen LogP contribution in [0.25, 0.3) is 0 Å². The van der Waals surface area contributed by atoms with Crippen LogP contribution in [0.2, 0.25) is 0 Å². The van der Waals surface area contributed by atoms with E-state index < -0.39 is 0 Å². The smallest absolute Gasteiger partial charge is 0.0126 e. The van der Waals surface area contributed by atoms with Crippen LogP contribution in [0, 0.1) is 0 Å². The maximum absolute atomic E-state index is 2.46. The van der Waals surface area contributed by atoms with E-state index in [1.807, 2.05) is 0 Å². The van der Waals surface area contributed by atoms with Gasteiger partial charge in [0.25, 0.3) is 0 Å². The van der Waals surface area contributed by atoms with E-state index in [1.165, 1.54) is 11.1 Å². The van der Waals surface area contributed by atoms with Crippen LogP contribution in [0.1, 0.15) is 202 Å². The van der Waals surface area contributed by atoms with E-state index in [1.54, 1.807) is 38.9 Å². The van der Waals surface area contributed by atoms with Gasteiger partial charge in [-0.1, -0.05) is 164 Å². The van der Waals surface area contributed by atoms with Crippen molar-refractivity contribution < 1.29 is 0 Å². The first-order valence-corrected chi connectivity index (χ1v) is 17.2. The Kier molecular flexibility index (Phi) is 10.2. The zero-order chi connectivity index (χ0) is 33.9. The first-order chi connectivity index (χ1) is 18.8. The molecule has 2 rings (SSSR count). The van der Waals surface area contributed by atoms with Crippen molar-refractivity contribution in [2.45, 2.75) is 203 Å². The summed E-state index contributed by atoms with van der Waals surface area (Å²) in [5.41, 5.74) is 14.7. The van der Waals surface area contributed by atoms with Gasteiger partial charge in [0.05, 0.1) is 0 Å². The number of rotatable bonds is 4. The van der Waals surface area contributed by atoms with Crippen LogP contribution in [0.4, 0.5) is 0 Å². The third-order valence-electron chi connectivity index (χ3n) is 9.00. The van der Waals surface area contributed by atoms with Crippen molar-refractivity contribution in [3.8, 4) is 0 Å². The highest BCUT2D eigenvalue weighted by Gasteiger charge is 2.42. The predicted octanol–water partition coefficient (Wildman–Crippen LogP) is 12.9. The van der Waals surface area contributed by atoms with Gasteiger partial charge in [0, 0.05) is 0 Å². The molecule has 0 radical (unpaired) electrons. The highest BCUT2D eigenvalue weighted by molar-refractivity contribution is 5.62. The molecule has 0 aromatic heterocycles. The van der Waals surface area contributed by atoms with Crippen molar-refractivity contribution >= 4 is 0 Å². The van der Waals surface area contributed by atoms with Crippen LogP contribution >= 0.6 is 0 Å². The van der Waals surface area contributed by atoms with Gasteiger partial charge in [-0.25, -0.2) is 0 Å². The third kappa shape index (κ3) is 8.38. The monoisotopic (exact) mass is 589 g/mol. The Labute approximate surface area is 270 Å². The lowest BCUT2D eigenvalue weighted by atomic mass is 9.58. The molecule has 0 nitrogen and oxygen atoms in total. The highest BCUT2D eigenvalue weighted by atomic mass is 14.5. The van der Waals surface area contributed by atoms with Gasteiger partial charge in [-0.3, -0.25) is 0 Å². The van der Waals surface area contributed by atoms with Gasteiger partial charge in [0.1, 0.15) is 0 Å². The van der Waals surface area contributed by atoms with Gasteiger partial charge in [0.15, 0.2) is 0 Å². The lowest BCUT2D eigenvalue weighted by Gasteiger charge is -2.46. The Balaban J connectivity index is 3.09. The van der Waals surface area contributed by atoms with Crippen molar-refractivity contribution in [1.29, 1.82) is 0 Å². The highest BCUT2D eigenvalue weighted by Crippen LogP contribution is 2.52. The van der Waals surface area contributed by atoms with E-state index in [4.69, 9.17) is 0 Å². The average Bonchev–Trinajstić information content (AvgIpc) is 2.72. The van der Waals surface area contributed by atoms with Crippen LogP contribution in [-0.4, -0.2) is 0 Å². The van der Waals surface area contributed by atoms with Crippen LogP contribution in [0.5, 0.6) is 0 Å². The van der Waals surface area contributed by atoms with E-state index in [-0.39, 0.29) is 37.9 Å². The minimum atomic E-state index is 0.0360. The minimum absolute atomic E-state index is 0.0360. The second kappa shape index (κ2) is 11.7. The molecule has 0 aliphatic carbocycles. The Bertz CT molecular complexity index is 1190. The van der Waals surface area contributed by atoms with Gasteiger partial charge >= 0.3 is 0 Å². The zero-order valence-corrected chi connectivity index (χ0v) is 32.9. The molecule has 0 amide bonds. The molecule has 0 unspecified atom stereocenters. The molecule has 0 aliphatic rings. The summed E-state index contributed by atoms with van der Waals surface area (Å²) >= 11 is 0. The summed E-state index contributed by atoms with van der Waals surface area (Å²) in [5.74, 6) is 0. The summed E-state index contributed by atoms with van der Waals surface area (Å²) in [6, 6.07) is 7.06. The molecule has 0 aliphatic heterocycles. The summed E-state index contributed by atoms with van der Waals surface area (Å²) in [4.78, 5) is 0. The Morgan fingerprint density at radius 2 is 0.581 bits per heavy atom. The fourth-order valence-electron chi connectivity index (χ4n) is 7.66. The second-order valence-electron chi connectivity index (χ2n) is 20.8. The van der Waals surface area contributed by atoms with Gasteiger partial charge in [-0.2, -0.15) is 0 Å². The minimum Gasteiger partial charge on any atom is -0.0617 e. The van der Waals surface area contributed by atoms with E-state index in [2.05, 4.69) is 164 Å². The van der Waals surface area contributed by atoms with Crippen LogP contribution in [-0.2, 0) is 50.7 Å². The Hall–Kier alpha value is -1.56. The third-order valence-corrected chi connectivity index (χ3v) is 9.00. The lowest BCUT2D eigenvalue weighted by Crippen LogP contribution is -2.37. The van der Waals surface area contributed by atoms with Crippen molar-refractivity contribution in [3.05, 3.63) is 68.3 Å². The van der Waals surface area contributed by atoms with E-state index in [0.717, 1.165) is 19.3 Å². The zero-order valence-electron chi connectivity index (χ0n) is 32.9. The molecule has 0 spiro atoms. The lowest BCUT2D eigenvalue weighted by molar-refractivity contribution is 0.453. The fourth-order valence-corrected chi connectivity index (χ4v) is 7.66. The maximum atomic E-state index is 2.46. The number of hydrogen-bond acceptors (Lipinski definition) is 0. The molecule has 0 N–H and O–H groups in total. The van der Waals surface area contributed by atoms with Crippen molar-refractivity contribution in [2.75, 3.05) is 0 Å². The second-order valence-corrected chi connectivity index (χ2v) is 20.8. The average molecular weight is 589 g/mol. The quantitative estimate of drug-likeness (QED) is 0.333. The predicted molar refractivity (Wildman–Crippen MR) is 196 cm³/mol. The standard InChI is InChI=1S/C43H72/c1-37(2,3)30-26-23-27-31(38(4,5)6)28(30)24-22-25-29-32(39(7,8)9)34(41(13,14)15)36(43(19,20)21)35(42(16,17)18)33(29)40(10,11)12/h23,26-27H,22,24-25H2,1-21H3. The fraction of sp³-hybridized carbons (Fsp3) is 0.721. The molecule has 0 saturated heterocycles. The molecule has 0 heteroatoms. The van der Waals surface area contributed by atoms with E-state index >= 15 is 0 Å². The maximum Gasteiger partial charge on any atom is -0.0126 e. The molecule has 244 valence electrons. The van der Waals surface area contributed by atoms with Crippen molar-refractivity contribution in [2.24, 2.45) is 0 Å². The topological polar surface area (TPSA) is 0 Å². The molecule has 0 heterocycles. The summed E-state index contributed by atoms with van der Waals surface area (Å²) in [7, 11) is 0. The van der Waals surface area contributed by atoms with Crippen molar-refractivity contribution in [1.82, 2.24) is 0 Å². The molecule has 2 aromatic rings. The summed E-state index contributed by atoms with van der Waals surface area (Å²) < 4.78 is 0. The molecule has 0 bridgehead atoms. The first kappa shape index (κ1) is 37.6. The molecular weight excluding hydrogens is 516 g/mol. The number of hydrogen-bond donors (Lipinski definition) is 0. The molecule has 43 heavy (non-hydrogen) atoms. The van der Waals surface area contributed by atoms with Gasteiger partial charge in [-0.05, 0) is 107 Å². The van der Waals surface area contributed by atoms with E-state index in [0.29, 0.717) is 0 Å². The van der Waals surface area contributed by atoms with Gasteiger partial charge in [-0.15, -0.1) is 0 Å². The molecule has 0 fully saturated rings. The van der Waals surface area contributed by atoms with Gasteiger partial charge < -0.3 is 0 Å². The van der Waals surface area contributed by atoms with E-state index in [9.17, 15) is 0 Å². The van der Waals surface area contributed by atoms with Crippen molar-refractivity contribution in [3.63, 3.8) is 0 Å². The normalized spacial score (nSPS) is 14.4. The molecule has 2 aromatic carbocycles. The van der Waals surface area contributed by atoms with Crippen LogP contribution in [0.3, 0.4) is 0 Å². The molecule has 0 saturated carbocycles. The summed E-state index contributed by atoms with van der Waals surface area (Å²) in [6.45, 7) is 51.1. The SMILES string of the molecule is CC(C)(C)c1cccc(C(C)(C)C)c1CCCc1c(C(C)(C)C)c(C(C)(C)C)c(C(C)(C)C)c(C(C)(C)C)c1C(C)(C)C. The molecular formula is C43H72. The largest absolute Gasteiger partial charge is 0.0617 e. The van der Waals surface area contributed by atoms with Gasteiger partial charge in [0.2, 0.25) is 0 Å². The van der Waals surface area contributed by atoms with Crippen LogP contribution < -0.4 is 0 Å². The Morgan fingerprint density at radius 3 is 0.837 bits per heavy atom. The summed E-state index contributed by atoms with van der Waals surface area (Å²) in [6.07, 6.45) is 3.38. The first-order valence-electron chi connectivity index (χ1n) is 17.2. The number of benzene rings is 2. The summed E-state index contributed by atoms with van der Waals surface area (Å²) in [5, 5.41) is 0. The molecule has 0 atom stereocenters.